The van der Waals surface area contributed by atoms with Crippen LogP contribution < -0.4 is 10.6 Å². The molecule has 21 heavy (non-hydrogen) atoms. The number of nitrogens with one attached hydrogen (secondary N) is 2. The number of aromatic nitrogens is 1. The van der Waals surface area contributed by atoms with E-state index in [4.69, 9.17) is 0 Å². The minimum atomic E-state index is -4.30. The van der Waals surface area contributed by atoms with Crippen molar-refractivity contribution in [3.63, 3.8) is 0 Å². The highest BCUT2D eigenvalue weighted by Gasteiger charge is 2.30. The molecule has 0 aliphatic carbocycles. The quantitative estimate of drug-likeness (QED) is 0.848. The van der Waals surface area contributed by atoms with Gasteiger partial charge >= 0.3 is 6.18 Å². The minimum Gasteiger partial charge on any atom is -0.370 e. The van der Waals surface area contributed by atoms with Gasteiger partial charge in [-0.25, -0.2) is 4.98 Å². The largest absolute Gasteiger partial charge is 0.391 e. The Kier molecular flexibility index (Phi) is 5.99. The third-order valence-electron chi connectivity index (χ3n) is 2.69. The van der Waals surface area contributed by atoms with E-state index in [1.807, 2.05) is 6.92 Å². The van der Waals surface area contributed by atoms with Gasteiger partial charge in [-0.05, 0) is 32.4 Å². The average Bonchev–Trinajstić information content (AvgIpc) is 2.33. The number of carbonyl (C=O) groups is 1. The Morgan fingerprint density at radius 3 is 2.62 bits per heavy atom. The van der Waals surface area contributed by atoms with Crippen molar-refractivity contribution in [2.75, 3.05) is 11.9 Å². The smallest absolute Gasteiger partial charge is 0.370 e. The second-order valence-electron chi connectivity index (χ2n) is 5.00. The van der Waals surface area contributed by atoms with Gasteiger partial charge < -0.3 is 10.6 Å². The lowest BCUT2D eigenvalue weighted by molar-refractivity contribution is -0.138. The van der Waals surface area contributed by atoms with Gasteiger partial charge in [0.2, 0.25) is 0 Å². The molecule has 1 aromatic rings. The van der Waals surface area contributed by atoms with Crippen LogP contribution in [0.1, 0.15) is 42.7 Å². The lowest BCUT2D eigenvalue weighted by atomic mass is 10.1. The summed E-state index contributed by atoms with van der Waals surface area (Å²) in [6, 6.07) is 2.11. The third kappa shape index (κ3) is 6.46. The second kappa shape index (κ2) is 7.28. The number of anilines is 1. The molecule has 4 nitrogen and oxygen atoms in total. The zero-order valence-corrected chi connectivity index (χ0v) is 12.3. The monoisotopic (exact) mass is 303 g/mol. The van der Waals surface area contributed by atoms with Crippen LogP contribution in [0.2, 0.25) is 0 Å². The molecule has 1 heterocycles. The molecule has 1 aromatic heterocycles. The number of pyridine rings is 1. The number of aryl methyl sites for hydroxylation is 1. The molecule has 0 aliphatic rings. The van der Waals surface area contributed by atoms with E-state index in [0.29, 0.717) is 23.6 Å². The number of hydrogen-bond acceptors (Lipinski definition) is 3. The molecular weight excluding hydrogens is 283 g/mol. The molecule has 0 spiro atoms. The molecular formula is C14H20F3N3O. The molecule has 7 heteroatoms. The molecule has 118 valence electrons. The standard InChI is InChI=1S/C14H20F3N3O/c1-4-5-18-12-7-11(6-9(2)19-12)13(21)20-10(3)8-14(15,16)17/h6-7,10H,4-5,8H2,1-3H3,(H,18,19)(H,20,21). The first kappa shape index (κ1) is 17.3. The zero-order chi connectivity index (χ0) is 16.0. The normalized spacial score (nSPS) is 12.9. The summed E-state index contributed by atoms with van der Waals surface area (Å²) < 4.78 is 36.8. The third-order valence-corrected chi connectivity index (χ3v) is 2.69. The van der Waals surface area contributed by atoms with E-state index in [0.717, 1.165) is 6.42 Å². The van der Waals surface area contributed by atoms with E-state index in [2.05, 4.69) is 15.6 Å². The van der Waals surface area contributed by atoms with Crippen LogP contribution in [-0.4, -0.2) is 29.7 Å². The fraction of sp³-hybridized carbons (Fsp3) is 0.571. The Bertz CT molecular complexity index is 489. The van der Waals surface area contributed by atoms with Crippen molar-refractivity contribution in [3.8, 4) is 0 Å². The summed E-state index contributed by atoms with van der Waals surface area (Å²) in [5.74, 6) is 0.0160. The van der Waals surface area contributed by atoms with Crippen molar-refractivity contribution < 1.29 is 18.0 Å². The maximum atomic E-state index is 12.3. The zero-order valence-electron chi connectivity index (χ0n) is 12.3. The summed E-state index contributed by atoms with van der Waals surface area (Å²) in [6.45, 7) is 5.76. The highest BCUT2D eigenvalue weighted by atomic mass is 19.4. The van der Waals surface area contributed by atoms with E-state index in [1.54, 1.807) is 13.0 Å². The van der Waals surface area contributed by atoms with Crippen molar-refractivity contribution in [1.29, 1.82) is 0 Å². The van der Waals surface area contributed by atoms with Gasteiger partial charge in [0.1, 0.15) is 5.82 Å². The number of alkyl halides is 3. The summed E-state index contributed by atoms with van der Waals surface area (Å²) >= 11 is 0. The van der Waals surface area contributed by atoms with Crippen molar-refractivity contribution in [2.24, 2.45) is 0 Å². The second-order valence-corrected chi connectivity index (χ2v) is 5.00. The van der Waals surface area contributed by atoms with Gasteiger partial charge in [-0.15, -0.1) is 0 Å². The Hall–Kier alpha value is -1.79. The molecule has 2 N–H and O–H groups in total. The van der Waals surface area contributed by atoms with Crippen LogP contribution in [-0.2, 0) is 0 Å². The summed E-state index contributed by atoms with van der Waals surface area (Å²) in [6.07, 6.45) is -4.45. The maximum absolute atomic E-state index is 12.3. The van der Waals surface area contributed by atoms with Gasteiger partial charge in [0, 0.05) is 23.8 Å². The number of nitrogens with zero attached hydrogens (tertiary/aromatic N) is 1. The lowest BCUT2D eigenvalue weighted by Gasteiger charge is -2.16. The van der Waals surface area contributed by atoms with Crippen LogP contribution >= 0.6 is 0 Å². The fourth-order valence-corrected chi connectivity index (χ4v) is 1.85. The molecule has 1 amide bonds. The number of carbonyl (C=O) groups excluding carboxylic acids is 1. The van der Waals surface area contributed by atoms with E-state index in [-0.39, 0.29) is 0 Å². The van der Waals surface area contributed by atoms with Crippen LogP contribution in [0.3, 0.4) is 0 Å². The van der Waals surface area contributed by atoms with Crippen LogP contribution in [0.4, 0.5) is 19.0 Å². The molecule has 0 saturated heterocycles. The van der Waals surface area contributed by atoms with Gasteiger partial charge in [-0.1, -0.05) is 6.92 Å². The Morgan fingerprint density at radius 2 is 2.05 bits per heavy atom. The first-order valence-electron chi connectivity index (χ1n) is 6.81. The molecule has 1 atom stereocenters. The molecule has 0 saturated carbocycles. The predicted molar refractivity (Wildman–Crippen MR) is 75.4 cm³/mol. The van der Waals surface area contributed by atoms with Crippen LogP contribution in [0.15, 0.2) is 12.1 Å². The highest BCUT2D eigenvalue weighted by Crippen LogP contribution is 2.21. The Morgan fingerprint density at radius 1 is 1.38 bits per heavy atom. The maximum Gasteiger partial charge on any atom is 0.391 e. The van der Waals surface area contributed by atoms with E-state index >= 15 is 0 Å². The summed E-state index contributed by atoms with van der Waals surface area (Å²) in [5, 5.41) is 5.40. The summed E-state index contributed by atoms with van der Waals surface area (Å²) in [7, 11) is 0. The fourth-order valence-electron chi connectivity index (χ4n) is 1.85. The number of halogens is 3. The van der Waals surface area contributed by atoms with Gasteiger partial charge in [-0.2, -0.15) is 13.2 Å². The van der Waals surface area contributed by atoms with Crippen LogP contribution in [0.25, 0.3) is 0 Å². The van der Waals surface area contributed by atoms with Gasteiger partial charge in [0.15, 0.2) is 0 Å². The first-order chi connectivity index (χ1) is 9.71. The summed E-state index contributed by atoms with van der Waals surface area (Å²) in [4.78, 5) is 16.2. The van der Waals surface area contributed by atoms with Gasteiger partial charge in [-0.3, -0.25) is 4.79 Å². The van der Waals surface area contributed by atoms with Crippen molar-refractivity contribution >= 4 is 11.7 Å². The number of rotatable bonds is 6. The predicted octanol–water partition coefficient (Wildman–Crippen LogP) is 3.28. The van der Waals surface area contributed by atoms with Crippen LogP contribution in [0.5, 0.6) is 0 Å². The highest BCUT2D eigenvalue weighted by molar-refractivity contribution is 5.95. The van der Waals surface area contributed by atoms with Gasteiger partial charge in [0.25, 0.3) is 5.91 Å². The van der Waals surface area contributed by atoms with Crippen molar-refractivity contribution in [1.82, 2.24) is 10.3 Å². The van der Waals surface area contributed by atoms with E-state index in [9.17, 15) is 18.0 Å². The number of amides is 1. The lowest BCUT2D eigenvalue weighted by Crippen LogP contribution is -2.36. The van der Waals surface area contributed by atoms with E-state index in [1.165, 1.54) is 13.0 Å². The Balaban J connectivity index is 2.75. The minimum absolute atomic E-state index is 0.301. The molecule has 0 bridgehead atoms. The van der Waals surface area contributed by atoms with Crippen molar-refractivity contribution in [3.05, 3.63) is 23.4 Å². The molecule has 1 unspecified atom stereocenters. The van der Waals surface area contributed by atoms with Crippen molar-refractivity contribution in [2.45, 2.75) is 45.8 Å². The first-order valence-corrected chi connectivity index (χ1v) is 6.81. The van der Waals surface area contributed by atoms with Gasteiger partial charge in [0.05, 0.1) is 6.42 Å². The summed E-state index contributed by atoms with van der Waals surface area (Å²) in [5.41, 5.74) is 0.930. The van der Waals surface area contributed by atoms with Crippen LogP contribution in [0, 0.1) is 6.92 Å². The average molecular weight is 303 g/mol. The molecule has 0 aromatic carbocycles. The SMILES string of the molecule is CCCNc1cc(C(=O)NC(C)CC(F)(F)F)cc(C)n1. The van der Waals surface area contributed by atoms with E-state index < -0.39 is 24.5 Å². The molecule has 0 aliphatic heterocycles. The molecule has 0 fully saturated rings. The topological polar surface area (TPSA) is 54.0 Å². The molecule has 1 rings (SSSR count). The molecule has 0 radical (unpaired) electrons. The number of hydrogen-bond donors (Lipinski definition) is 2. The Labute approximate surface area is 122 Å².